The highest BCUT2D eigenvalue weighted by Crippen LogP contribution is 2.39. The van der Waals surface area contributed by atoms with Gasteiger partial charge in [-0.15, -0.1) is 0 Å². The lowest BCUT2D eigenvalue weighted by atomic mass is 10.1. The quantitative estimate of drug-likeness (QED) is 0.574. The third-order valence-electron chi connectivity index (χ3n) is 4.59. The average Bonchev–Trinajstić information content (AvgIpc) is 2.80. The average molecular weight is 408 g/mol. The van der Waals surface area contributed by atoms with Crippen LogP contribution in [-0.4, -0.2) is 19.0 Å². The molecule has 4 rings (SSSR count). The van der Waals surface area contributed by atoms with Gasteiger partial charge in [-0.25, -0.2) is 4.79 Å². The minimum absolute atomic E-state index is 0.223. The molecule has 0 aromatic heterocycles. The first kappa shape index (κ1) is 18.8. The molecule has 0 bridgehead atoms. The minimum Gasteiger partial charge on any atom is -0.454 e. The molecule has 0 fully saturated rings. The zero-order chi connectivity index (χ0) is 20.5. The number of urea groups is 1. The van der Waals surface area contributed by atoms with E-state index in [4.69, 9.17) is 16.3 Å². The van der Waals surface area contributed by atoms with Crippen LogP contribution in [0.5, 0.6) is 11.5 Å². The monoisotopic (exact) mass is 407 g/mol. The summed E-state index contributed by atoms with van der Waals surface area (Å²) in [4.78, 5) is 26.9. The number of nitrogens with one attached hydrogen (secondary N) is 2. The Morgan fingerprint density at radius 2 is 1.76 bits per heavy atom. The lowest BCUT2D eigenvalue weighted by molar-refractivity contribution is 0.0993. The van der Waals surface area contributed by atoms with Crippen LogP contribution in [0, 0.1) is 6.92 Å². The Balaban J connectivity index is 1.59. The van der Waals surface area contributed by atoms with Crippen molar-refractivity contribution in [3.05, 3.63) is 76.8 Å². The van der Waals surface area contributed by atoms with E-state index in [9.17, 15) is 9.59 Å². The van der Waals surface area contributed by atoms with Gasteiger partial charge >= 0.3 is 6.03 Å². The van der Waals surface area contributed by atoms with Crippen LogP contribution in [-0.2, 0) is 0 Å². The van der Waals surface area contributed by atoms with E-state index in [0.717, 1.165) is 5.56 Å². The summed E-state index contributed by atoms with van der Waals surface area (Å²) in [6, 6.07) is 17.1. The number of amides is 3. The standard InChI is InChI=1S/C22H18ClN3O3/c1-13-7-9-20-18(11-13)26(2)21(27)15-12-14(8-10-19(15)29-20)24-22(28)25-17-6-4-3-5-16(17)23/h3-12H,1-2H3,(H2,24,25,28). The number of hydrogen-bond donors (Lipinski definition) is 2. The fraction of sp³-hybridized carbons (Fsp3) is 0.0909. The van der Waals surface area contributed by atoms with E-state index in [0.29, 0.717) is 39.1 Å². The molecular weight excluding hydrogens is 390 g/mol. The minimum atomic E-state index is -0.465. The number of para-hydroxylation sites is 1. The Morgan fingerprint density at radius 3 is 2.55 bits per heavy atom. The number of anilines is 3. The lowest BCUT2D eigenvalue weighted by Crippen LogP contribution is -2.25. The molecule has 1 heterocycles. The third kappa shape index (κ3) is 3.75. The summed E-state index contributed by atoms with van der Waals surface area (Å²) >= 11 is 6.07. The number of rotatable bonds is 2. The van der Waals surface area contributed by atoms with Crippen molar-refractivity contribution in [2.45, 2.75) is 6.92 Å². The molecule has 0 spiro atoms. The molecule has 0 radical (unpaired) electrons. The Morgan fingerprint density at radius 1 is 1.00 bits per heavy atom. The molecule has 3 aromatic carbocycles. The molecule has 146 valence electrons. The summed E-state index contributed by atoms with van der Waals surface area (Å²) < 4.78 is 5.96. The summed E-state index contributed by atoms with van der Waals surface area (Å²) in [6.45, 7) is 1.95. The summed E-state index contributed by atoms with van der Waals surface area (Å²) in [5.41, 5.74) is 3.03. The number of aryl methyl sites for hydroxylation is 1. The maximum Gasteiger partial charge on any atom is 0.323 e. The van der Waals surface area contributed by atoms with Gasteiger partial charge in [0.1, 0.15) is 5.75 Å². The number of nitrogens with zero attached hydrogens (tertiary/aromatic N) is 1. The molecular formula is C22H18ClN3O3. The molecule has 2 N–H and O–H groups in total. The van der Waals surface area contributed by atoms with E-state index in [-0.39, 0.29) is 5.91 Å². The van der Waals surface area contributed by atoms with Gasteiger partial charge in [-0.2, -0.15) is 0 Å². The SMILES string of the molecule is Cc1ccc2c(c1)N(C)C(=O)c1cc(NC(=O)Nc3ccccc3Cl)ccc1O2. The number of halogens is 1. The third-order valence-corrected chi connectivity index (χ3v) is 4.92. The fourth-order valence-corrected chi connectivity index (χ4v) is 3.28. The lowest BCUT2D eigenvalue weighted by Gasteiger charge is -2.17. The Hall–Kier alpha value is -3.51. The first-order chi connectivity index (χ1) is 13.9. The van der Waals surface area contributed by atoms with E-state index in [1.165, 1.54) is 0 Å². The van der Waals surface area contributed by atoms with Crippen molar-refractivity contribution in [2.24, 2.45) is 0 Å². The van der Waals surface area contributed by atoms with E-state index >= 15 is 0 Å². The highest BCUT2D eigenvalue weighted by atomic mass is 35.5. The smallest absolute Gasteiger partial charge is 0.323 e. The van der Waals surface area contributed by atoms with Gasteiger partial charge in [0, 0.05) is 12.7 Å². The molecule has 6 nitrogen and oxygen atoms in total. The van der Waals surface area contributed by atoms with Crippen LogP contribution in [0.2, 0.25) is 5.02 Å². The largest absolute Gasteiger partial charge is 0.454 e. The van der Waals surface area contributed by atoms with Crippen LogP contribution in [0.15, 0.2) is 60.7 Å². The molecule has 3 aromatic rings. The van der Waals surface area contributed by atoms with Gasteiger partial charge < -0.3 is 20.3 Å². The second-order valence-corrected chi connectivity index (χ2v) is 7.11. The van der Waals surface area contributed by atoms with Crippen molar-refractivity contribution >= 4 is 40.6 Å². The van der Waals surface area contributed by atoms with Crippen molar-refractivity contribution in [3.8, 4) is 11.5 Å². The van der Waals surface area contributed by atoms with Crippen LogP contribution in [0.4, 0.5) is 21.9 Å². The molecule has 29 heavy (non-hydrogen) atoms. The van der Waals surface area contributed by atoms with Crippen molar-refractivity contribution in [1.29, 1.82) is 0 Å². The van der Waals surface area contributed by atoms with Crippen molar-refractivity contribution in [1.82, 2.24) is 0 Å². The van der Waals surface area contributed by atoms with Crippen molar-refractivity contribution in [2.75, 3.05) is 22.6 Å². The number of carbonyl (C=O) groups excluding carboxylic acids is 2. The van der Waals surface area contributed by atoms with Gasteiger partial charge in [0.25, 0.3) is 5.91 Å². The maximum atomic E-state index is 13.0. The van der Waals surface area contributed by atoms with Gasteiger partial charge in [0.05, 0.1) is 22.0 Å². The highest BCUT2D eigenvalue weighted by molar-refractivity contribution is 6.33. The second kappa shape index (κ2) is 7.48. The molecule has 0 saturated heterocycles. The van der Waals surface area contributed by atoms with Crippen LogP contribution >= 0.6 is 11.6 Å². The molecule has 1 aliphatic heterocycles. The molecule has 0 atom stereocenters. The number of hydrogen-bond acceptors (Lipinski definition) is 3. The van der Waals surface area contributed by atoms with Gasteiger partial charge in [-0.1, -0.05) is 29.8 Å². The van der Waals surface area contributed by atoms with Gasteiger partial charge in [0.2, 0.25) is 0 Å². The molecule has 1 aliphatic rings. The number of carbonyl (C=O) groups is 2. The van der Waals surface area contributed by atoms with Crippen LogP contribution in [0.3, 0.4) is 0 Å². The van der Waals surface area contributed by atoms with Gasteiger partial charge in [-0.3, -0.25) is 4.79 Å². The van der Waals surface area contributed by atoms with Crippen LogP contribution in [0.1, 0.15) is 15.9 Å². The maximum absolute atomic E-state index is 13.0. The first-order valence-corrected chi connectivity index (χ1v) is 9.33. The highest BCUT2D eigenvalue weighted by Gasteiger charge is 2.26. The van der Waals surface area contributed by atoms with Crippen molar-refractivity contribution < 1.29 is 14.3 Å². The number of fused-ring (bicyclic) bond motifs is 2. The van der Waals surface area contributed by atoms with Gasteiger partial charge in [0.15, 0.2) is 5.75 Å². The zero-order valence-corrected chi connectivity index (χ0v) is 16.6. The summed E-state index contributed by atoms with van der Waals surface area (Å²) in [6.07, 6.45) is 0. The van der Waals surface area contributed by atoms with E-state index in [1.807, 2.05) is 25.1 Å². The predicted molar refractivity (Wildman–Crippen MR) is 115 cm³/mol. The Labute approximate surface area is 173 Å². The van der Waals surface area contributed by atoms with Crippen LogP contribution < -0.4 is 20.3 Å². The Kier molecular flexibility index (Phi) is 4.86. The van der Waals surface area contributed by atoms with Gasteiger partial charge in [-0.05, 0) is 55.0 Å². The molecule has 0 unspecified atom stereocenters. The van der Waals surface area contributed by atoms with Crippen LogP contribution in [0.25, 0.3) is 0 Å². The normalized spacial score (nSPS) is 12.4. The predicted octanol–water partition coefficient (Wildman–Crippen LogP) is 5.67. The number of benzene rings is 3. The van der Waals surface area contributed by atoms with Crippen molar-refractivity contribution in [3.63, 3.8) is 0 Å². The summed E-state index contributed by atoms with van der Waals surface area (Å²) in [5, 5.41) is 5.83. The van der Waals surface area contributed by atoms with E-state index in [1.54, 1.807) is 54.4 Å². The molecule has 3 amide bonds. The first-order valence-electron chi connectivity index (χ1n) is 8.95. The molecule has 0 aliphatic carbocycles. The second-order valence-electron chi connectivity index (χ2n) is 6.71. The molecule has 0 saturated carbocycles. The summed E-state index contributed by atoms with van der Waals surface area (Å²) in [7, 11) is 1.70. The molecule has 7 heteroatoms. The fourth-order valence-electron chi connectivity index (χ4n) is 3.10. The van der Waals surface area contributed by atoms with E-state index < -0.39 is 6.03 Å². The number of ether oxygens (including phenoxy) is 1. The Bertz CT molecular complexity index is 1130. The summed E-state index contributed by atoms with van der Waals surface area (Å²) in [5.74, 6) is 0.809. The zero-order valence-electron chi connectivity index (χ0n) is 15.8. The van der Waals surface area contributed by atoms with E-state index in [2.05, 4.69) is 10.6 Å². The topological polar surface area (TPSA) is 70.7 Å².